The first-order valence-corrected chi connectivity index (χ1v) is 12.4. The van der Waals surface area contributed by atoms with Crippen molar-refractivity contribution in [2.75, 3.05) is 14.2 Å². The van der Waals surface area contributed by atoms with E-state index in [1.165, 1.54) is 46.3 Å². The van der Waals surface area contributed by atoms with Gasteiger partial charge in [-0.25, -0.2) is 0 Å². The van der Waals surface area contributed by atoms with Crippen molar-refractivity contribution in [1.29, 1.82) is 0 Å². The highest BCUT2D eigenvalue weighted by Gasteiger charge is 2.60. The van der Waals surface area contributed by atoms with Gasteiger partial charge in [0.2, 0.25) is 17.2 Å². The number of rotatable bonds is 4. The van der Waals surface area contributed by atoms with Crippen LogP contribution in [0.4, 0.5) is 0 Å². The number of halogens is 1. The number of hydrogen-bond acceptors (Lipinski definition) is 6. The van der Waals surface area contributed by atoms with Gasteiger partial charge in [-0.1, -0.05) is 18.5 Å². The molecule has 0 aromatic heterocycles. The van der Waals surface area contributed by atoms with Crippen LogP contribution in [0.2, 0.25) is 5.02 Å². The molecule has 1 aliphatic heterocycles. The minimum atomic E-state index is -1.61. The Balaban J connectivity index is 1.30. The van der Waals surface area contributed by atoms with Crippen LogP contribution in [0.15, 0.2) is 17.8 Å². The van der Waals surface area contributed by atoms with Crippen LogP contribution >= 0.6 is 11.6 Å². The van der Waals surface area contributed by atoms with E-state index in [-0.39, 0.29) is 33.8 Å². The van der Waals surface area contributed by atoms with E-state index in [4.69, 9.17) is 25.8 Å². The predicted octanol–water partition coefficient (Wildman–Crippen LogP) is 4.58. The van der Waals surface area contributed by atoms with Crippen LogP contribution in [0.3, 0.4) is 0 Å². The molecule has 4 fully saturated rings. The fraction of sp³-hybridized carbons (Fsp3) is 0.615. The first-order chi connectivity index (χ1) is 15.8. The summed E-state index contributed by atoms with van der Waals surface area (Å²) in [7, 11) is 2.96. The Labute approximate surface area is 199 Å². The number of carbonyl (C=O) groups excluding carboxylic acids is 2. The predicted molar refractivity (Wildman–Crippen MR) is 123 cm³/mol. The lowest BCUT2D eigenvalue weighted by atomic mass is 9.54. The van der Waals surface area contributed by atoms with Crippen molar-refractivity contribution in [3.8, 4) is 17.2 Å². The third-order valence-corrected chi connectivity index (χ3v) is 9.25. The van der Waals surface area contributed by atoms with Gasteiger partial charge in [0.25, 0.3) is 0 Å². The Kier molecular flexibility index (Phi) is 4.78. The van der Waals surface area contributed by atoms with E-state index in [9.17, 15) is 9.59 Å². The molecule has 1 aromatic carbocycles. The summed E-state index contributed by atoms with van der Waals surface area (Å²) < 4.78 is 16.9. The Morgan fingerprint density at radius 1 is 1.03 bits per heavy atom. The standard InChI is InChI=1S/C26H30ClNO5/c1-12-4-17(28-23-15-6-13-5-14(8-15)9-16(23)7-13)10-20(29)26(12)25(30)21-18(31-2)11-19(32-3)22(27)24(21)33-26/h10-16,23,28H,4-9H2,1-3H3/t12-,13?,14?,15?,16?,23?,26+/m1/s1. The number of benzene rings is 1. The highest BCUT2D eigenvalue weighted by Crippen LogP contribution is 2.55. The first kappa shape index (κ1) is 21.3. The van der Waals surface area contributed by atoms with Gasteiger partial charge in [-0.15, -0.1) is 0 Å². The smallest absolute Gasteiger partial charge is 0.236 e. The molecule has 176 valence electrons. The summed E-state index contributed by atoms with van der Waals surface area (Å²) in [6.07, 6.45) is 8.82. The van der Waals surface area contributed by atoms with Gasteiger partial charge >= 0.3 is 0 Å². The minimum Gasteiger partial charge on any atom is -0.496 e. The Hall–Kier alpha value is -2.21. The number of nitrogens with one attached hydrogen (secondary N) is 1. The quantitative estimate of drug-likeness (QED) is 0.648. The molecule has 0 amide bonds. The van der Waals surface area contributed by atoms with Crippen molar-refractivity contribution in [2.45, 2.75) is 57.1 Å². The lowest BCUT2D eigenvalue weighted by Crippen LogP contribution is -2.58. The van der Waals surface area contributed by atoms with Crippen molar-refractivity contribution < 1.29 is 23.8 Å². The lowest BCUT2D eigenvalue weighted by Gasteiger charge is -2.55. The number of Topliss-reactive ketones (excluding diaryl/α,β-unsaturated/α-hetero) is 1. The third kappa shape index (κ3) is 2.92. The van der Waals surface area contributed by atoms with Gasteiger partial charge in [-0.3, -0.25) is 9.59 Å². The summed E-state index contributed by atoms with van der Waals surface area (Å²) >= 11 is 6.48. The second kappa shape index (κ2) is 7.39. The average molecular weight is 472 g/mol. The number of ketones is 2. The number of fused-ring (bicyclic) bond motifs is 1. The monoisotopic (exact) mass is 471 g/mol. The zero-order valence-electron chi connectivity index (χ0n) is 19.3. The molecule has 2 atom stereocenters. The molecule has 1 spiro atoms. The molecule has 7 heteroatoms. The van der Waals surface area contributed by atoms with Crippen molar-refractivity contribution in [1.82, 2.24) is 5.32 Å². The zero-order chi connectivity index (χ0) is 23.1. The normalized spacial score (nSPS) is 38.2. The number of ether oxygens (including phenoxy) is 3. The molecule has 7 rings (SSSR count). The van der Waals surface area contributed by atoms with Crippen molar-refractivity contribution >= 4 is 23.2 Å². The molecule has 0 radical (unpaired) electrons. The molecule has 1 N–H and O–H groups in total. The second-order valence-electron chi connectivity index (χ2n) is 10.7. The number of methoxy groups -OCH3 is 2. The molecule has 0 unspecified atom stereocenters. The van der Waals surface area contributed by atoms with E-state index in [1.54, 1.807) is 12.1 Å². The highest BCUT2D eigenvalue weighted by molar-refractivity contribution is 6.36. The van der Waals surface area contributed by atoms with Gasteiger partial charge in [0.05, 0.1) is 14.2 Å². The maximum atomic E-state index is 13.6. The van der Waals surface area contributed by atoms with E-state index in [1.807, 2.05) is 6.92 Å². The summed E-state index contributed by atoms with van der Waals surface area (Å²) in [5.41, 5.74) is -0.464. The summed E-state index contributed by atoms with van der Waals surface area (Å²) in [6.45, 7) is 1.91. The summed E-state index contributed by atoms with van der Waals surface area (Å²) in [4.78, 5) is 27.2. The van der Waals surface area contributed by atoms with Crippen LogP contribution in [-0.4, -0.2) is 37.4 Å². The Morgan fingerprint density at radius 2 is 1.67 bits per heavy atom. The molecule has 1 aromatic rings. The molecule has 1 heterocycles. The van der Waals surface area contributed by atoms with Crippen molar-refractivity contribution in [3.63, 3.8) is 0 Å². The fourth-order valence-corrected chi connectivity index (χ4v) is 7.87. The Morgan fingerprint density at radius 3 is 2.24 bits per heavy atom. The van der Waals surface area contributed by atoms with E-state index in [0.29, 0.717) is 35.8 Å². The van der Waals surface area contributed by atoms with Crippen LogP contribution in [0.5, 0.6) is 17.2 Å². The van der Waals surface area contributed by atoms with Gasteiger partial charge in [-0.05, 0) is 62.2 Å². The van der Waals surface area contributed by atoms with E-state index in [0.717, 1.165) is 17.5 Å². The van der Waals surface area contributed by atoms with Crippen LogP contribution in [0.1, 0.15) is 55.8 Å². The van der Waals surface area contributed by atoms with Gasteiger partial charge < -0.3 is 19.5 Å². The molecule has 6 nitrogen and oxygen atoms in total. The van der Waals surface area contributed by atoms with E-state index < -0.39 is 5.60 Å². The minimum absolute atomic E-state index is 0.170. The molecular formula is C26H30ClNO5. The van der Waals surface area contributed by atoms with Crippen LogP contribution in [0, 0.1) is 29.6 Å². The third-order valence-electron chi connectivity index (χ3n) is 8.89. The molecule has 33 heavy (non-hydrogen) atoms. The molecule has 0 saturated heterocycles. The van der Waals surface area contributed by atoms with E-state index in [2.05, 4.69) is 5.32 Å². The fourth-order valence-electron chi connectivity index (χ4n) is 7.60. The van der Waals surface area contributed by atoms with Crippen LogP contribution < -0.4 is 19.5 Å². The number of hydrogen-bond donors (Lipinski definition) is 1. The number of carbonyl (C=O) groups is 2. The largest absolute Gasteiger partial charge is 0.496 e. The van der Waals surface area contributed by atoms with Gasteiger partial charge in [0.15, 0.2) is 5.75 Å². The lowest BCUT2D eigenvalue weighted by molar-refractivity contribution is -0.129. The summed E-state index contributed by atoms with van der Waals surface area (Å²) in [6, 6.07) is 2.00. The zero-order valence-corrected chi connectivity index (χ0v) is 20.0. The molecule has 4 saturated carbocycles. The molecule has 5 aliphatic carbocycles. The topological polar surface area (TPSA) is 73.9 Å². The first-order valence-electron chi connectivity index (χ1n) is 12.1. The summed E-state index contributed by atoms with van der Waals surface area (Å²) in [5.74, 6) is 2.95. The van der Waals surface area contributed by atoms with Crippen LogP contribution in [0.25, 0.3) is 0 Å². The summed E-state index contributed by atoms with van der Waals surface area (Å²) in [5, 5.41) is 3.94. The SMILES string of the molecule is COc1cc(OC)c2c(c1Cl)O[C@@]1(C(=O)C=C(NC3C4CC5CC(C4)CC3C5)C[C@H]1C)C2=O. The second-order valence-corrected chi connectivity index (χ2v) is 11.1. The maximum absolute atomic E-state index is 13.6. The molecule has 4 bridgehead atoms. The molecular weight excluding hydrogens is 442 g/mol. The average Bonchev–Trinajstić information content (AvgIpc) is 3.10. The maximum Gasteiger partial charge on any atom is 0.236 e. The van der Waals surface area contributed by atoms with Gasteiger partial charge in [0, 0.05) is 29.8 Å². The van der Waals surface area contributed by atoms with Gasteiger partial charge in [0.1, 0.15) is 22.1 Å². The molecule has 6 aliphatic rings. The van der Waals surface area contributed by atoms with Crippen molar-refractivity contribution in [3.05, 3.63) is 28.4 Å². The van der Waals surface area contributed by atoms with E-state index >= 15 is 0 Å². The van der Waals surface area contributed by atoms with Crippen molar-refractivity contribution in [2.24, 2.45) is 29.6 Å². The Bertz CT molecular complexity index is 1050. The van der Waals surface area contributed by atoms with Crippen LogP contribution in [-0.2, 0) is 4.79 Å². The highest BCUT2D eigenvalue weighted by atomic mass is 35.5. The van der Waals surface area contributed by atoms with Gasteiger partial charge in [-0.2, -0.15) is 0 Å². The number of allylic oxidation sites excluding steroid dienone is 1.